The van der Waals surface area contributed by atoms with Crippen LogP contribution in [-0.2, 0) is 13.7 Å². The van der Waals surface area contributed by atoms with Crippen molar-refractivity contribution < 1.29 is 13.7 Å². The summed E-state index contributed by atoms with van der Waals surface area (Å²) in [5.41, 5.74) is 1.43. The Kier molecular flexibility index (Phi) is 4.64. The number of rotatable bonds is 6. The van der Waals surface area contributed by atoms with E-state index in [1.165, 1.54) is 6.92 Å². The highest BCUT2D eigenvalue weighted by Crippen LogP contribution is 2.31. The van der Waals surface area contributed by atoms with E-state index in [4.69, 9.17) is 11.6 Å². The molecule has 0 heterocycles. The van der Waals surface area contributed by atoms with Crippen molar-refractivity contribution in [3.63, 3.8) is 0 Å². The van der Waals surface area contributed by atoms with E-state index in [1.54, 1.807) is 6.08 Å². The number of hydrogen-bond donors (Lipinski definition) is 0. The second-order valence-corrected chi connectivity index (χ2v) is 4.78. The van der Waals surface area contributed by atoms with Gasteiger partial charge in [0.25, 0.3) is 0 Å². The lowest BCUT2D eigenvalue weighted by atomic mass is 9.86. The molecule has 1 aliphatic carbocycles. The molecule has 0 aromatic heterocycles. The van der Waals surface area contributed by atoms with Gasteiger partial charge in [-0.1, -0.05) is 17.7 Å². The van der Waals surface area contributed by atoms with Crippen LogP contribution in [-0.4, -0.2) is 34.3 Å². The van der Waals surface area contributed by atoms with Crippen molar-refractivity contribution in [1.29, 1.82) is 2.67 Å². The molecule has 0 fully saturated rings. The molecule has 0 saturated carbocycles. The second-order valence-electron chi connectivity index (χ2n) is 4.02. The van der Waals surface area contributed by atoms with Crippen LogP contribution >= 0.6 is 12.0 Å². The van der Waals surface area contributed by atoms with E-state index in [-0.39, 0.29) is 29.7 Å². The minimum atomic E-state index is -0.924. The average molecular weight is 257 g/mol. The predicted octanol–water partition coefficient (Wildman–Crippen LogP) is 1.69. The third kappa shape index (κ3) is 4.24. The van der Waals surface area contributed by atoms with E-state index >= 15 is 0 Å². The smallest absolute Gasteiger partial charge is 0.303 e. The summed E-state index contributed by atoms with van der Waals surface area (Å²) >= 11 is 1.09. The predicted molar refractivity (Wildman–Crippen MR) is 73.5 cm³/mol. The van der Waals surface area contributed by atoms with Gasteiger partial charge in [-0.2, -0.15) is 0 Å². The van der Waals surface area contributed by atoms with Crippen molar-refractivity contribution in [2.24, 2.45) is 5.92 Å². The highest BCUT2D eigenvalue weighted by molar-refractivity contribution is 7.95. The summed E-state index contributed by atoms with van der Waals surface area (Å²) in [6.07, 6.45) is 3.80. The van der Waals surface area contributed by atoms with Gasteiger partial charge in [0, 0.05) is 12.8 Å². The van der Waals surface area contributed by atoms with E-state index in [1.807, 2.05) is 13.0 Å². The molecule has 1 aliphatic rings. The first-order valence-corrected chi connectivity index (χ1v) is 6.45. The molecule has 0 spiro atoms. The zero-order valence-electron chi connectivity index (χ0n) is 12.2. The number of carbonyl (C=O) groups is 1. The first-order chi connectivity index (χ1) is 8.93. The number of esters is 1. The maximum Gasteiger partial charge on any atom is 0.303 e. The van der Waals surface area contributed by atoms with Gasteiger partial charge in [0.1, 0.15) is 20.0 Å². The molecule has 0 aliphatic heterocycles. The average Bonchev–Trinajstić information content (AvgIpc) is 2.31. The van der Waals surface area contributed by atoms with Crippen molar-refractivity contribution in [2.75, 3.05) is 5.65 Å². The molecular formula is C12H19BO3S. The van der Waals surface area contributed by atoms with Crippen LogP contribution in [0.5, 0.6) is 0 Å². The Morgan fingerprint density at radius 3 is 3.35 bits per heavy atom. The van der Waals surface area contributed by atoms with E-state index in [0.717, 1.165) is 17.6 Å². The SMILES string of the molecule is [2H]B([3H])CSOC1CC(C)=C[C@H](C=C)[C@H]1OC(C)=O. The second kappa shape index (κ2) is 6.92. The zero-order valence-corrected chi connectivity index (χ0v) is 11.0. The van der Waals surface area contributed by atoms with Gasteiger partial charge in [0.05, 0.1) is 0 Å². The van der Waals surface area contributed by atoms with Crippen LogP contribution in [0, 0.1) is 5.92 Å². The summed E-state index contributed by atoms with van der Waals surface area (Å²) in [5.74, 6) is -0.409. The molecule has 0 bridgehead atoms. The Morgan fingerprint density at radius 2 is 2.76 bits per heavy atom. The summed E-state index contributed by atoms with van der Waals surface area (Å²) in [5, 5.41) is 0. The van der Waals surface area contributed by atoms with Crippen molar-refractivity contribution >= 4 is 25.8 Å². The molecule has 0 aromatic carbocycles. The van der Waals surface area contributed by atoms with Crippen LogP contribution in [0.1, 0.15) is 20.3 Å². The normalized spacial score (nSPS) is 29.8. The molecular weight excluding hydrogens is 235 g/mol. The van der Waals surface area contributed by atoms with Gasteiger partial charge >= 0.3 is 5.97 Å². The monoisotopic (exact) mass is 257 g/mol. The molecule has 0 saturated heterocycles. The number of hydrogen-bond acceptors (Lipinski definition) is 4. The van der Waals surface area contributed by atoms with E-state index < -0.39 is 7.77 Å². The lowest BCUT2D eigenvalue weighted by Crippen LogP contribution is -2.39. The summed E-state index contributed by atoms with van der Waals surface area (Å²) in [7, 11) is -0.924. The Bertz CT molecular complexity index is 363. The molecule has 3 atom stereocenters. The highest BCUT2D eigenvalue weighted by atomic mass is 32.2. The number of carbonyl (C=O) groups excluding carboxylic acids is 1. The molecule has 0 radical (unpaired) electrons. The lowest BCUT2D eigenvalue weighted by molar-refractivity contribution is -0.153. The fraction of sp³-hybridized carbons (Fsp3) is 0.583. The molecule has 94 valence electrons. The summed E-state index contributed by atoms with van der Waals surface area (Å²) in [6.45, 7) is 7.13. The van der Waals surface area contributed by atoms with E-state index in [0.29, 0.717) is 6.42 Å². The Labute approximate surface area is 111 Å². The standard InChI is InChI=1S/C12H19BO3S/c1-4-10-5-8(2)6-11(16-17-7-13)12(10)15-9(3)14/h4-5,10-12H,1,6-7,13H2,2-3H3/t10-,11?,12+/m0/s1/i13TD. The van der Waals surface area contributed by atoms with Crippen molar-refractivity contribution in [3.05, 3.63) is 24.3 Å². The fourth-order valence-electron chi connectivity index (χ4n) is 1.94. The molecule has 1 rings (SSSR count). The molecule has 5 heteroatoms. The van der Waals surface area contributed by atoms with E-state index in [9.17, 15) is 4.79 Å². The highest BCUT2D eigenvalue weighted by Gasteiger charge is 2.34. The zero-order chi connectivity index (χ0) is 14.4. The largest absolute Gasteiger partial charge is 0.459 e. The van der Waals surface area contributed by atoms with Crippen LogP contribution in [0.25, 0.3) is 0 Å². The minimum Gasteiger partial charge on any atom is -0.459 e. The topological polar surface area (TPSA) is 35.5 Å². The molecule has 0 amide bonds. The third-order valence-corrected chi connectivity index (χ3v) is 3.10. The summed E-state index contributed by atoms with van der Waals surface area (Å²) in [4.78, 5) is 11.2. The maximum atomic E-state index is 11.2. The van der Waals surface area contributed by atoms with Crippen LogP contribution in [0.15, 0.2) is 24.3 Å². The van der Waals surface area contributed by atoms with Gasteiger partial charge in [0.15, 0.2) is 0 Å². The third-order valence-electron chi connectivity index (χ3n) is 2.58. The van der Waals surface area contributed by atoms with Crippen LogP contribution in [0.4, 0.5) is 0 Å². The van der Waals surface area contributed by atoms with Crippen LogP contribution in [0.2, 0.25) is 0 Å². The Hall–Kier alpha value is -0.675. The van der Waals surface area contributed by atoms with Crippen LogP contribution < -0.4 is 0 Å². The summed E-state index contributed by atoms with van der Waals surface area (Å²) in [6, 6.07) is 0. The van der Waals surface area contributed by atoms with Gasteiger partial charge in [-0.15, -0.1) is 6.58 Å². The first-order valence-electron chi connectivity index (χ1n) is 6.69. The first kappa shape index (κ1) is 11.4. The van der Waals surface area contributed by atoms with Crippen molar-refractivity contribution in [3.8, 4) is 0 Å². The van der Waals surface area contributed by atoms with Crippen molar-refractivity contribution in [1.82, 2.24) is 0 Å². The minimum absolute atomic E-state index is 0.0638. The van der Waals surface area contributed by atoms with Gasteiger partial charge in [0.2, 0.25) is 0 Å². The molecule has 1 unspecified atom stereocenters. The van der Waals surface area contributed by atoms with Gasteiger partial charge in [-0.05, 0) is 33.7 Å². The Morgan fingerprint density at radius 1 is 2.00 bits per heavy atom. The summed E-state index contributed by atoms with van der Waals surface area (Å²) < 4.78 is 25.2. The Balaban J connectivity index is 2.70. The van der Waals surface area contributed by atoms with Gasteiger partial charge in [-0.25, -0.2) is 0 Å². The number of ether oxygens (including phenoxy) is 1. The van der Waals surface area contributed by atoms with E-state index in [2.05, 4.69) is 6.58 Å². The molecule has 0 N–H and O–H groups in total. The molecule has 3 nitrogen and oxygen atoms in total. The fourth-order valence-corrected chi connectivity index (χ4v) is 2.37. The molecule has 17 heavy (non-hydrogen) atoms. The van der Waals surface area contributed by atoms with Gasteiger partial charge < -0.3 is 8.92 Å². The van der Waals surface area contributed by atoms with Crippen molar-refractivity contribution in [2.45, 2.75) is 32.5 Å². The maximum absolute atomic E-state index is 11.2. The molecule has 0 aromatic rings. The van der Waals surface area contributed by atoms with Gasteiger partial charge in [-0.3, -0.25) is 4.79 Å². The van der Waals surface area contributed by atoms with Crippen LogP contribution in [0.3, 0.4) is 0 Å². The lowest BCUT2D eigenvalue weighted by Gasteiger charge is -2.33. The quantitative estimate of drug-likeness (QED) is 0.314.